The molecule has 0 spiro atoms. The van der Waals surface area contributed by atoms with Gasteiger partial charge in [0.05, 0.1) is 17.7 Å². The zero-order valence-electron chi connectivity index (χ0n) is 17.2. The van der Waals surface area contributed by atoms with Crippen LogP contribution >= 0.6 is 23.1 Å². The number of methoxy groups -OCH3 is 1. The van der Waals surface area contributed by atoms with E-state index < -0.39 is 0 Å². The van der Waals surface area contributed by atoms with Crippen LogP contribution in [-0.2, 0) is 10.5 Å². The van der Waals surface area contributed by atoms with Crippen molar-refractivity contribution in [2.75, 3.05) is 20.3 Å². The standard InChI is InChI=1S/C21H20FN5O3S2/c1-29-10-3-9-23-20(28)16-12-31-18(24-16)13-32-21-26-25-19(17-4-2-11-30-17)27(21)15-7-5-14(22)6-8-15/h2,4-8,11-12H,3,9-10,13H2,1H3,(H,23,28). The van der Waals surface area contributed by atoms with E-state index in [1.54, 1.807) is 47.6 Å². The molecule has 0 saturated heterocycles. The number of amides is 1. The maximum Gasteiger partial charge on any atom is 0.270 e. The van der Waals surface area contributed by atoms with E-state index in [0.29, 0.717) is 47.0 Å². The van der Waals surface area contributed by atoms with Crippen molar-refractivity contribution in [3.05, 3.63) is 64.6 Å². The van der Waals surface area contributed by atoms with Crippen LogP contribution in [0, 0.1) is 5.82 Å². The van der Waals surface area contributed by atoms with E-state index in [1.807, 2.05) is 0 Å². The normalized spacial score (nSPS) is 11.1. The lowest BCUT2D eigenvalue weighted by Crippen LogP contribution is -2.25. The molecule has 3 heterocycles. The quantitative estimate of drug-likeness (QED) is 0.273. The van der Waals surface area contributed by atoms with Crippen LogP contribution in [0.15, 0.2) is 57.6 Å². The Morgan fingerprint density at radius 2 is 2.12 bits per heavy atom. The summed E-state index contributed by atoms with van der Waals surface area (Å²) in [4.78, 5) is 16.6. The highest BCUT2D eigenvalue weighted by molar-refractivity contribution is 7.98. The van der Waals surface area contributed by atoms with E-state index in [1.165, 1.54) is 35.2 Å². The van der Waals surface area contributed by atoms with E-state index in [9.17, 15) is 9.18 Å². The second kappa shape index (κ2) is 10.5. The number of carbonyl (C=O) groups excluding carboxylic acids is 1. The van der Waals surface area contributed by atoms with Gasteiger partial charge in [-0.05, 0) is 42.8 Å². The average molecular weight is 474 g/mol. The molecule has 166 valence electrons. The van der Waals surface area contributed by atoms with Crippen LogP contribution < -0.4 is 5.32 Å². The van der Waals surface area contributed by atoms with Crippen LogP contribution in [0.2, 0.25) is 0 Å². The highest BCUT2D eigenvalue weighted by atomic mass is 32.2. The number of carbonyl (C=O) groups is 1. The summed E-state index contributed by atoms with van der Waals surface area (Å²) in [6, 6.07) is 9.64. The van der Waals surface area contributed by atoms with Crippen molar-refractivity contribution in [1.29, 1.82) is 0 Å². The maximum atomic E-state index is 13.4. The lowest BCUT2D eigenvalue weighted by molar-refractivity contribution is 0.0944. The fourth-order valence-corrected chi connectivity index (χ4v) is 4.61. The van der Waals surface area contributed by atoms with Crippen LogP contribution in [-0.4, -0.2) is 45.9 Å². The molecule has 1 amide bonds. The molecule has 32 heavy (non-hydrogen) atoms. The summed E-state index contributed by atoms with van der Waals surface area (Å²) >= 11 is 2.83. The third kappa shape index (κ3) is 5.23. The minimum absolute atomic E-state index is 0.205. The Kier molecular flexibility index (Phi) is 7.30. The molecule has 0 aliphatic rings. The molecule has 1 aromatic carbocycles. The lowest BCUT2D eigenvalue weighted by Gasteiger charge is -2.08. The first kappa shape index (κ1) is 22.2. The topological polar surface area (TPSA) is 95.1 Å². The number of halogens is 1. The number of thiazole rings is 1. The van der Waals surface area contributed by atoms with Crippen molar-refractivity contribution in [3.63, 3.8) is 0 Å². The molecule has 11 heteroatoms. The highest BCUT2D eigenvalue weighted by Crippen LogP contribution is 2.30. The van der Waals surface area contributed by atoms with Crippen molar-refractivity contribution in [1.82, 2.24) is 25.1 Å². The molecule has 8 nitrogen and oxygen atoms in total. The van der Waals surface area contributed by atoms with E-state index >= 15 is 0 Å². The summed E-state index contributed by atoms with van der Waals surface area (Å²) in [5.74, 6) is 1.03. The SMILES string of the molecule is COCCCNC(=O)c1csc(CSc2nnc(-c3ccco3)n2-c2ccc(F)cc2)n1. The number of benzene rings is 1. The van der Waals surface area contributed by atoms with Crippen LogP contribution in [0.25, 0.3) is 17.3 Å². The third-order valence-electron chi connectivity index (χ3n) is 4.38. The number of rotatable bonds is 10. The highest BCUT2D eigenvalue weighted by Gasteiger charge is 2.19. The predicted octanol–water partition coefficient (Wildman–Crippen LogP) is 4.18. The van der Waals surface area contributed by atoms with Gasteiger partial charge in [-0.25, -0.2) is 9.37 Å². The fourth-order valence-electron chi connectivity index (χ4n) is 2.87. The number of aromatic nitrogens is 4. The van der Waals surface area contributed by atoms with Gasteiger partial charge in [0.25, 0.3) is 5.91 Å². The molecule has 0 aliphatic heterocycles. The molecule has 0 unspecified atom stereocenters. The Hall–Kier alpha value is -3.02. The first-order valence-corrected chi connectivity index (χ1v) is 11.6. The van der Waals surface area contributed by atoms with Gasteiger partial charge in [0, 0.05) is 25.6 Å². The van der Waals surface area contributed by atoms with Gasteiger partial charge in [0.2, 0.25) is 5.82 Å². The van der Waals surface area contributed by atoms with Crippen molar-refractivity contribution in [2.45, 2.75) is 17.3 Å². The average Bonchev–Trinajstić information content (AvgIpc) is 3.56. The zero-order valence-corrected chi connectivity index (χ0v) is 18.8. The summed E-state index contributed by atoms with van der Waals surface area (Å²) in [6.45, 7) is 1.12. The molecular formula is C21H20FN5O3S2. The number of hydrogen-bond donors (Lipinski definition) is 1. The van der Waals surface area contributed by atoms with Gasteiger partial charge in [-0.15, -0.1) is 21.5 Å². The number of hydrogen-bond acceptors (Lipinski definition) is 8. The molecule has 0 saturated carbocycles. The number of thioether (sulfide) groups is 1. The minimum atomic E-state index is -0.327. The largest absolute Gasteiger partial charge is 0.461 e. The van der Waals surface area contributed by atoms with Gasteiger partial charge < -0.3 is 14.5 Å². The van der Waals surface area contributed by atoms with Gasteiger partial charge in [-0.3, -0.25) is 9.36 Å². The molecule has 0 fully saturated rings. The minimum Gasteiger partial charge on any atom is -0.461 e. The molecule has 1 N–H and O–H groups in total. The molecule has 3 aromatic heterocycles. The zero-order chi connectivity index (χ0) is 22.3. The Labute approximate surface area is 191 Å². The molecule has 0 aliphatic carbocycles. The second-order valence-electron chi connectivity index (χ2n) is 6.61. The maximum absolute atomic E-state index is 13.4. The number of nitrogens with one attached hydrogen (secondary N) is 1. The fraction of sp³-hybridized carbons (Fsp3) is 0.238. The van der Waals surface area contributed by atoms with Crippen molar-refractivity contribution in [2.24, 2.45) is 0 Å². The predicted molar refractivity (Wildman–Crippen MR) is 120 cm³/mol. The first-order valence-electron chi connectivity index (χ1n) is 9.75. The Bertz CT molecular complexity index is 1160. The first-order chi connectivity index (χ1) is 15.7. The van der Waals surface area contributed by atoms with E-state index in [4.69, 9.17) is 9.15 Å². The monoisotopic (exact) mass is 473 g/mol. The molecular weight excluding hydrogens is 453 g/mol. The summed E-state index contributed by atoms with van der Waals surface area (Å²) in [5, 5.41) is 14.5. The van der Waals surface area contributed by atoms with Crippen molar-refractivity contribution < 1.29 is 18.3 Å². The molecule has 4 aromatic rings. The molecule has 4 rings (SSSR count). The summed E-state index contributed by atoms with van der Waals surface area (Å²) in [5.41, 5.74) is 1.10. The summed E-state index contributed by atoms with van der Waals surface area (Å²) < 4.78 is 25.7. The van der Waals surface area contributed by atoms with Crippen molar-refractivity contribution in [3.8, 4) is 17.3 Å². The molecule has 0 atom stereocenters. The number of ether oxygens (including phenoxy) is 1. The molecule has 0 bridgehead atoms. The van der Waals surface area contributed by atoms with Crippen LogP contribution in [0.4, 0.5) is 4.39 Å². The third-order valence-corrected chi connectivity index (χ3v) is 6.35. The van der Waals surface area contributed by atoms with E-state index in [2.05, 4.69) is 20.5 Å². The van der Waals surface area contributed by atoms with E-state index in [-0.39, 0.29) is 11.7 Å². The van der Waals surface area contributed by atoms with E-state index in [0.717, 1.165) is 11.4 Å². The lowest BCUT2D eigenvalue weighted by atomic mass is 10.3. The molecule has 0 radical (unpaired) electrons. The Morgan fingerprint density at radius 3 is 2.88 bits per heavy atom. The van der Waals surface area contributed by atoms with Crippen LogP contribution in [0.5, 0.6) is 0 Å². The van der Waals surface area contributed by atoms with Crippen LogP contribution in [0.3, 0.4) is 0 Å². The van der Waals surface area contributed by atoms with Crippen molar-refractivity contribution >= 4 is 29.0 Å². The summed E-state index contributed by atoms with van der Waals surface area (Å²) in [6.07, 6.45) is 2.30. The van der Waals surface area contributed by atoms with Gasteiger partial charge in [-0.1, -0.05) is 11.8 Å². The van der Waals surface area contributed by atoms with Crippen LogP contribution in [0.1, 0.15) is 21.9 Å². The smallest absolute Gasteiger partial charge is 0.270 e. The summed E-state index contributed by atoms with van der Waals surface area (Å²) in [7, 11) is 1.63. The van der Waals surface area contributed by atoms with Gasteiger partial charge in [0.15, 0.2) is 10.9 Å². The van der Waals surface area contributed by atoms with Gasteiger partial charge in [-0.2, -0.15) is 0 Å². The Balaban J connectivity index is 1.49. The van der Waals surface area contributed by atoms with Gasteiger partial charge in [0.1, 0.15) is 16.5 Å². The number of furan rings is 1. The van der Waals surface area contributed by atoms with Gasteiger partial charge >= 0.3 is 0 Å². The Morgan fingerprint density at radius 1 is 1.28 bits per heavy atom. The number of nitrogens with zero attached hydrogens (tertiary/aromatic N) is 4. The second-order valence-corrected chi connectivity index (χ2v) is 8.50.